The largest absolute Gasteiger partial charge is 0.282 e. The quantitative estimate of drug-likeness (QED) is 0.669. The molecule has 0 saturated carbocycles. The van der Waals surface area contributed by atoms with Gasteiger partial charge in [0, 0.05) is 16.6 Å². The molecule has 0 aliphatic heterocycles. The van der Waals surface area contributed by atoms with Gasteiger partial charge in [0.15, 0.2) is 5.75 Å². The monoisotopic (exact) mass is 319 g/mol. The minimum absolute atomic E-state index is 0.144. The van der Waals surface area contributed by atoms with E-state index in [1.807, 2.05) is 0 Å². The number of nitro benzene ring substituents is 1. The molecule has 1 N–H and O–H groups in total. The van der Waals surface area contributed by atoms with Crippen molar-refractivity contribution in [2.75, 3.05) is 10.5 Å². The zero-order chi connectivity index (χ0) is 13.1. The van der Waals surface area contributed by atoms with Crippen LogP contribution in [-0.2, 0) is 10.0 Å². The lowest BCUT2D eigenvalue weighted by molar-refractivity contribution is -0.384. The molecule has 90 valence electrons. The van der Waals surface area contributed by atoms with Gasteiger partial charge in [0.05, 0.1) is 16.7 Å². The lowest BCUT2D eigenvalue weighted by Crippen LogP contribution is -2.15. The van der Waals surface area contributed by atoms with Crippen molar-refractivity contribution in [1.82, 2.24) is 0 Å². The molecular weight excluding hydrogens is 314 g/mol. The van der Waals surface area contributed by atoms with E-state index in [0.717, 1.165) is 6.07 Å². The molecule has 1 rings (SSSR count). The second-order valence-electron chi connectivity index (χ2n) is 2.94. The van der Waals surface area contributed by atoms with Gasteiger partial charge in [-0.2, -0.15) is 5.26 Å². The van der Waals surface area contributed by atoms with Crippen molar-refractivity contribution in [2.24, 2.45) is 0 Å². The third-order valence-electron chi connectivity index (χ3n) is 1.68. The van der Waals surface area contributed by atoms with Crippen LogP contribution in [-0.4, -0.2) is 19.1 Å². The second-order valence-corrected chi connectivity index (χ2v) is 5.52. The molecule has 1 aromatic rings. The first-order chi connectivity index (χ1) is 7.85. The zero-order valence-electron chi connectivity index (χ0n) is 8.25. The van der Waals surface area contributed by atoms with E-state index in [2.05, 4.69) is 20.7 Å². The van der Waals surface area contributed by atoms with E-state index in [4.69, 9.17) is 5.26 Å². The fourth-order valence-electron chi connectivity index (χ4n) is 0.989. The summed E-state index contributed by atoms with van der Waals surface area (Å²) in [6.07, 6.45) is 0. The smallest absolute Gasteiger partial charge is 0.270 e. The average molecular weight is 320 g/mol. The Kier molecular flexibility index (Phi) is 4.03. The summed E-state index contributed by atoms with van der Waals surface area (Å²) in [5.74, 6) is -0.684. The number of anilines is 1. The maximum Gasteiger partial charge on any atom is 0.270 e. The van der Waals surface area contributed by atoms with Crippen LogP contribution in [0.2, 0.25) is 0 Å². The lowest BCUT2D eigenvalue weighted by Gasteiger charge is -2.06. The van der Waals surface area contributed by atoms with E-state index in [1.165, 1.54) is 18.2 Å². The van der Waals surface area contributed by atoms with Gasteiger partial charge >= 0.3 is 0 Å². The van der Waals surface area contributed by atoms with Gasteiger partial charge in [0.1, 0.15) is 0 Å². The van der Waals surface area contributed by atoms with Crippen molar-refractivity contribution < 1.29 is 13.3 Å². The van der Waals surface area contributed by atoms with Crippen LogP contribution in [0, 0.1) is 21.4 Å². The predicted molar refractivity (Wildman–Crippen MR) is 63.8 cm³/mol. The summed E-state index contributed by atoms with van der Waals surface area (Å²) in [5.41, 5.74) is -0.0223. The Hall–Kier alpha value is -1.66. The number of nitriles is 1. The molecule has 0 aliphatic rings. The maximum atomic E-state index is 11.3. The number of sulfonamides is 1. The van der Waals surface area contributed by atoms with Gasteiger partial charge in [-0.25, -0.2) is 8.42 Å². The van der Waals surface area contributed by atoms with Gasteiger partial charge < -0.3 is 0 Å². The van der Waals surface area contributed by atoms with Gasteiger partial charge in [0.2, 0.25) is 10.0 Å². The third-order valence-corrected chi connectivity index (χ3v) is 3.38. The molecule has 17 heavy (non-hydrogen) atoms. The third kappa shape index (κ3) is 3.69. The maximum absolute atomic E-state index is 11.3. The number of halogens is 1. The predicted octanol–water partition coefficient (Wildman–Crippen LogP) is 1.62. The number of nitrogens with one attached hydrogen (secondary N) is 1. The molecule has 0 aromatic heterocycles. The summed E-state index contributed by atoms with van der Waals surface area (Å²) in [6.45, 7) is 0. The number of benzene rings is 1. The normalized spacial score (nSPS) is 10.6. The first kappa shape index (κ1) is 13.4. The van der Waals surface area contributed by atoms with Crippen molar-refractivity contribution in [3.8, 4) is 6.07 Å². The Morgan fingerprint density at radius 3 is 2.65 bits per heavy atom. The van der Waals surface area contributed by atoms with E-state index in [-0.39, 0.29) is 15.8 Å². The summed E-state index contributed by atoms with van der Waals surface area (Å²) >= 11 is 3.00. The molecule has 0 fully saturated rings. The van der Waals surface area contributed by atoms with E-state index >= 15 is 0 Å². The second kappa shape index (κ2) is 5.11. The Morgan fingerprint density at radius 2 is 2.18 bits per heavy atom. The molecule has 0 unspecified atom stereocenters. The lowest BCUT2D eigenvalue weighted by atomic mass is 10.3. The number of hydrogen-bond donors (Lipinski definition) is 1. The Bertz CT molecular complexity index is 593. The minimum atomic E-state index is -3.75. The summed E-state index contributed by atoms with van der Waals surface area (Å²) in [5, 5.41) is 18.8. The number of non-ortho nitro benzene ring substituents is 1. The first-order valence-corrected chi connectivity index (χ1v) is 6.61. The molecule has 9 heteroatoms. The van der Waals surface area contributed by atoms with Gasteiger partial charge in [-0.1, -0.05) is 0 Å². The van der Waals surface area contributed by atoms with Crippen molar-refractivity contribution in [3.63, 3.8) is 0 Å². The molecule has 0 saturated heterocycles. The highest BCUT2D eigenvalue weighted by atomic mass is 79.9. The molecular formula is C8H6BrN3O4S. The molecule has 1 aromatic carbocycles. The van der Waals surface area contributed by atoms with Crippen LogP contribution in [0.1, 0.15) is 0 Å². The van der Waals surface area contributed by atoms with Crippen LogP contribution in [0.5, 0.6) is 0 Å². The minimum Gasteiger partial charge on any atom is -0.282 e. The van der Waals surface area contributed by atoms with Crippen LogP contribution in [0.3, 0.4) is 0 Å². The van der Waals surface area contributed by atoms with E-state index < -0.39 is 20.7 Å². The molecule has 7 nitrogen and oxygen atoms in total. The SMILES string of the molecule is N#CCS(=O)(=O)Nc1ccc([N+](=O)[O-])cc1Br. The van der Waals surface area contributed by atoms with Crippen LogP contribution in [0.4, 0.5) is 11.4 Å². The molecule has 0 spiro atoms. The first-order valence-electron chi connectivity index (χ1n) is 4.17. The average Bonchev–Trinajstić information content (AvgIpc) is 2.20. The fourth-order valence-corrected chi connectivity index (χ4v) is 2.34. The standard InChI is InChI=1S/C8H6BrN3O4S/c9-7-5-6(12(13)14)1-2-8(7)11-17(15,16)4-3-10/h1-2,5,11H,4H2. The van der Waals surface area contributed by atoms with E-state index in [9.17, 15) is 18.5 Å². The zero-order valence-corrected chi connectivity index (χ0v) is 10.7. The van der Waals surface area contributed by atoms with Crippen LogP contribution in [0.15, 0.2) is 22.7 Å². The van der Waals surface area contributed by atoms with Crippen LogP contribution < -0.4 is 4.72 Å². The molecule has 0 aliphatic carbocycles. The molecule has 0 atom stereocenters. The van der Waals surface area contributed by atoms with Gasteiger partial charge in [-0.3, -0.25) is 14.8 Å². The Balaban J connectivity index is 3.03. The van der Waals surface area contributed by atoms with E-state index in [1.54, 1.807) is 0 Å². The number of nitrogens with zero attached hydrogens (tertiary/aromatic N) is 2. The number of hydrogen-bond acceptors (Lipinski definition) is 5. The van der Waals surface area contributed by atoms with Crippen molar-refractivity contribution in [3.05, 3.63) is 32.8 Å². The van der Waals surface area contributed by atoms with Crippen LogP contribution >= 0.6 is 15.9 Å². The van der Waals surface area contributed by atoms with Gasteiger partial charge in [0.25, 0.3) is 5.69 Å². The summed E-state index contributed by atoms with van der Waals surface area (Å²) in [7, 11) is -3.75. The van der Waals surface area contributed by atoms with Gasteiger partial charge in [-0.15, -0.1) is 0 Å². The number of rotatable bonds is 4. The number of nitro groups is 1. The summed E-state index contributed by atoms with van der Waals surface area (Å²) < 4.78 is 24.9. The summed E-state index contributed by atoms with van der Waals surface area (Å²) in [6, 6.07) is 5.08. The van der Waals surface area contributed by atoms with Gasteiger partial charge in [-0.05, 0) is 22.0 Å². The van der Waals surface area contributed by atoms with Crippen LogP contribution in [0.25, 0.3) is 0 Å². The highest BCUT2D eigenvalue weighted by molar-refractivity contribution is 9.10. The Labute approximate surface area is 105 Å². The molecule has 0 heterocycles. The highest BCUT2D eigenvalue weighted by Crippen LogP contribution is 2.27. The van der Waals surface area contributed by atoms with Crippen molar-refractivity contribution in [1.29, 1.82) is 5.26 Å². The topological polar surface area (TPSA) is 113 Å². The van der Waals surface area contributed by atoms with Crippen molar-refractivity contribution in [2.45, 2.75) is 0 Å². The Morgan fingerprint density at radius 1 is 1.53 bits per heavy atom. The fraction of sp³-hybridized carbons (Fsp3) is 0.125. The molecule has 0 amide bonds. The highest BCUT2D eigenvalue weighted by Gasteiger charge is 2.14. The summed E-state index contributed by atoms with van der Waals surface area (Å²) in [4.78, 5) is 9.86. The molecule has 0 bridgehead atoms. The van der Waals surface area contributed by atoms with Crippen molar-refractivity contribution >= 4 is 37.3 Å². The van der Waals surface area contributed by atoms with E-state index in [0.29, 0.717) is 0 Å². The molecule has 0 radical (unpaired) electrons.